The van der Waals surface area contributed by atoms with Crippen molar-refractivity contribution in [3.8, 4) is 0 Å². The van der Waals surface area contributed by atoms with Crippen LogP contribution in [0.2, 0.25) is 10.0 Å². The number of nitrogens with one attached hydrogen (secondary N) is 1. The van der Waals surface area contributed by atoms with Crippen molar-refractivity contribution in [1.29, 1.82) is 0 Å². The molecular weight excluding hydrogens is 312 g/mol. The molecule has 0 aliphatic heterocycles. The van der Waals surface area contributed by atoms with Crippen LogP contribution in [0, 0.1) is 5.82 Å². The molecule has 3 aromatic rings. The second kappa shape index (κ2) is 5.68. The van der Waals surface area contributed by atoms with E-state index < -0.39 is 0 Å². The minimum atomic E-state index is -0.287. The molecule has 1 aromatic heterocycles. The molecule has 5 heteroatoms. The summed E-state index contributed by atoms with van der Waals surface area (Å²) in [6, 6.07) is 11.5. The number of benzene rings is 2. The van der Waals surface area contributed by atoms with Crippen molar-refractivity contribution in [2.45, 2.75) is 6.04 Å². The lowest BCUT2D eigenvalue weighted by Crippen LogP contribution is -2.16. The molecule has 0 spiro atoms. The zero-order valence-corrected chi connectivity index (χ0v) is 12.7. The van der Waals surface area contributed by atoms with Gasteiger partial charge in [0.05, 0.1) is 16.1 Å². The first-order chi connectivity index (χ1) is 10.1. The lowest BCUT2D eigenvalue weighted by atomic mass is 10.0. The minimum Gasteiger partial charge on any atom is -0.459 e. The lowest BCUT2D eigenvalue weighted by molar-refractivity contribution is 0.491. The van der Waals surface area contributed by atoms with E-state index in [0.29, 0.717) is 21.4 Å². The lowest BCUT2D eigenvalue weighted by Gasteiger charge is -2.14. The van der Waals surface area contributed by atoms with Crippen LogP contribution in [0.1, 0.15) is 17.4 Å². The Morgan fingerprint density at radius 2 is 1.86 bits per heavy atom. The average molecular weight is 324 g/mol. The third-order valence-electron chi connectivity index (χ3n) is 3.35. The molecule has 0 fully saturated rings. The van der Waals surface area contributed by atoms with Crippen LogP contribution in [0.3, 0.4) is 0 Å². The van der Waals surface area contributed by atoms with Crippen molar-refractivity contribution in [3.05, 3.63) is 69.7 Å². The molecule has 0 amide bonds. The van der Waals surface area contributed by atoms with E-state index in [1.807, 2.05) is 19.2 Å². The van der Waals surface area contributed by atoms with Gasteiger partial charge in [0.15, 0.2) is 0 Å². The Balaban J connectivity index is 2.06. The van der Waals surface area contributed by atoms with Gasteiger partial charge >= 0.3 is 0 Å². The molecule has 1 heterocycles. The molecule has 1 N–H and O–H groups in total. The highest BCUT2D eigenvalue weighted by Gasteiger charge is 2.18. The van der Waals surface area contributed by atoms with Crippen molar-refractivity contribution >= 4 is 34.2 Å². The maximum atomic E-state index is 13.3. The maximum Gasteiger partial charge on any atom is 0.134 e. The number of halogens is 3. The first-order valence-electron chi connectivity index (χ1n) is 6.39. The Labute approximate surface area is 131 Å². The predicted molar refractivity (Wildman–Crippen MR) is 83.5 cm³/mol. The second-order valence-electron chi connectivity index (χ2n) is 4.73. The third-order valence-corrected chi connectivity index (χ3v) is 4.09. The Hall–Kier alpha value is -1.55. The van der Waals surface area contributed by atoms with E-state index in [0.717, 1.165) is 10.9 Å². The number of hydrogen-bond donors (Lipinski definition) is 1. The van der Waals surface area contributed by atoms with Gasteiger partial charge in [0.2, 0.25) is 0 Å². The Morgan fingerprint density at radius 1 is 1.05 bits per heavy atom. The van der Waals surface area contributed by atoms with Crippen LogP contribution < -0.4 is 5.32 Å². The summed E-state index contributed by atoms with van der Waals surface area (Å²) in [6.07, 6.45) is 0. The van der Waals surface area contributed by atoms with Gasteiger partial charge < -0.3 is 9.73 Å². The normalized spacial score (nSPS) is 12.8. The fraction of sp³-hybridized carbons (Fsp3) is 0.125. The van der Waals surface area contributed by atoms with Crippen LogP contribution in [0.5, 0.6) is 0 Å². The van der Waals surface area contributed by atoms with Gasteiger partial charge in [-0.05, 0) is 49.0 Å². The molecule has 0 saturated carbocycles. The summed E-state index contributed by atoms with van der Waals surface area (Å²) < 4.78 is 19.1. The van der Waals surface area contributed by atoms with Crippen LogP contribution in [-0.2, 0) is 0 Å². The van der Waals surface area contributed by atoms with Gasteiger partial charge in [0.1, 0.15) is 17.2 Å². The van der Waals surface area contributed by atoms with E-state index in [9.17, 15) is 4.39 Å². The molecule has 1 atom stereocenters. The molecule has 0 aliphatic carbocycles. The zero-order chi connectivity index (χ0) is 15.0. The summed E-state index contributed by atoms with van der Waals surface area (Å²) >= 11 is 12.0. The van der Waals surface area contributed by atoms with Crippen LogP contribution in [0.4, 0.5) is 4.39 Å². The highest BCUT2D eigenvalue weighted by atomic mass is 35.5. The van der Waals surface area contributed by atoms with Gasteiger partial charge in [-0.2, -0.15) is 0 Å². The van der Waals surface area contributed by atoms with E-state index in [1.165, 1.54) is 12.1 Å². The van der Waals surface area contributed by atoms with Gasteiger partial charge in [-0.3, -0.25) is 0 Å². The number of rotatable bonds is 3. The average Bonchev–Trinajstić information content (AvgIpc) is 2.86. The van der Waals surface area contributed by atoms with Gasteiger partial charge in [-0.15, -0.1) is 0 Å². The largest absolute Gasteiger partial charge is 0.459 e. The number of furan rings is 1. The number of fused-ring (bicyclic) bond motifs is 1. The Kier molecular flexibility index (Phi) is 3.89. The molecule has 3 rings (SSSR count). The third kappa shape index (κ3) is 2.77. The number of hydrogen-bond acceptors (Lipinski definition) is 2. The van der Waals surface area contributed by atoms with Gasteiger partial charge in [0, 0.05) is 5.39 Å². The van der Waals surface area contributed by atoms with E-state index in [-0.39, 0.29) is 11.9 Å². The molecule has 21 heavy (non-hydrogen) atoms. The summed E-state index contributed by atoms with van der Waals surface area (Å²) in [5.41, 5.74) is 1.57. The minimum absolute atomic E-state index is 0.185. The topological polar surface area (TPSA) is 25.2 Å². The van der Waals surface area contributed by atoms with Crippen LogP contribution >= 0.6 is 23.2 Å². The van der Waals surface area contributed by atoms with Crippen molar-refractivity contribution in [2.24, 2.45) is 0 Å². The SMILES string of the molecule is CNC(c1ccc(Cl)c(Cl)c1)c1cc2cc(F)ccc2o1. The van der Waals surface area contributed by atoms with Crippen molar-refractivity contribution < 1.29 is 8.81 Å². The monoisotopic (exact) mass is 323 g/mol. The van der Waals surface area contributed by atoms with Crippen molar-refractivity contribution in [2.75, 3.05) is 7.05 Å². The molecule has 0 saturated heterocycles. The van der Waals surface area contributed by atoms with Gasteiger partial charge in [-0.25, -0.2) is 4.39 Å². The molecule has 1 unspecified atom stereocenters. The summed E-state index contributed by atoms with van der Waals surface area (Å²) in [5.74, 6) is 0.405. The van der Waals surface area contributed by atoms with Gasteiger partial charge in [0.25, 0.3) is 0 Å². The molecule has 0 radical (unpaired) electrons. The van der Waals surface area contributed by atoms with Crippen LogP contribution in [0.15, 0.2) is 46.9 Å². The molecular formula is C16H12Cl2FNO. The predicted octanol–water partition coefficient (Wildman–Crippen LogP) is 5.19. The first kappa shape index (κ1) is 14.4. The summed E-state index contributed by atoms with van der Waals surface area (Å²) in [7, 11) is 1.82. The summed E-state index contributed by atoms with van der Waals surface area (Å²) in [5, 5.41) is 4.88. The Morgan fingerprint density at radius 3 is 2.57 bits per heavy atom. The van der Waals surface area contributed by atoms with Crippen molar-refractivity contribution in [1.82, 2.24) is 5.32 Å². The Bertz CT molecular complexity index is 800. The fourth-order valence-corrected chi connectivity index (χ4v) is 2.65. The van der Waals surface area contributed by atoms with E-state index >= 15 is 0 Å². The smallest absolute Gasteiger partial charge is 0.134 e. The fourth-order valence-electron chi connectivity index (χ4n) is 2.34. The maximum absolute atomic E-state index is 13.3. The van der Waals surface area contributed by atoms with Crippen LogP contribution in [0.25, 0.3) is 11.0 Å². The second-order valence-corrected chi connectivity index (χ2v) is 5.54. The van der Waals surface area contributed by atoms with E-state index in [4.69, 9.17) is 27.6 Å². The molecule has 2 nitrogen and oxygen atoms in total. The molecule has 2 aromatic carbocycles. The van der Waals surface area contributed by atoms with Crippen LogP contribution in [-0.4, -0.2) is 7.05 Å². The highest BCUT2D eigenvalue weighted by molar-refractivity contribution is 6.42. The van der Waals surface area contributed by atoms with Gasteiger partial charge in [-0.1, -0.05) is 29.3 Å². The standard InChI is InChI=1S/C16H12Cl2FNO/c1-20-16(9-2-4-12(17)13(18)7-9)15-8-10-6-11(19)3-5-14(10)21-15/h2-8,16,20H,1H3. The van der Waals surface area contributed by atoms with E-state index in [2.05, 4.69) is 5.32 Å². The molecule has 108 valence electrons. The quantitative estimate of drug-likeness (QED) is 0.717. The highest BCUT2D eigenvalue weighted by Crippen LogP contribution is 2.31. The first-order valence-corrected chi connectivity index (χ1v) is 7.15. The molecule has 0 aliphatic rings. The van der Waals surface area contributed by atoms with Crippen molar-refractivity contribution in [3.63, 3.8) is 0 Å². The summed E-state index contributed by atoms with van der Waals surface area (Å²) in [4.78, 5) is 0. The zero-order valence-electron chi connectivity index (χ0n) is 11.2. The van der Waals surface area contributed by atoms with E-state index in [1.54, 1.807) is 18.2 Å². The summed E-state index contributed by atoms with van der Waals surface area (Å²) in [6.45, 7) is 0. The molecule has 0 bridgehead atoms.